The lowest BCUT2D eigenvalue weighted by Crippen LogP contribution is -2.29. The molecular formula is C20H21N3O4. The quantitative estimate of drug-likeness (QED) is 0.571. The van der Waals surface area contributed by atoms with Crippen molar-refractivity contribution < 1.29 is 19.1 Å². The van der Waals surface area contributed by atoms with E-state index in [4.69, 9.17) is 9.47 Å². The van der Waals surface area contributed by atoms with Crippen LogP contribution in [0.25, 0.3) is 0 Å². The van der Waals surface area contributed by atoms with Gasteiger partial charge in [0.2, 0.25) is 11.8 Å². The Morgan fingerprint density at radius 1 is 1.00 bits per heavy atom. The number of rotatable bonds is 6. The van der Waals surface area contributed by atoms with Crippen molar-refractivity contribution in [1.82, 2.24) is 4.90 Å². The minimum absolute atomic E-state index is 0.130. The smallest absolute Gasteiger partial charge is 0.237 e. The van der Waals surface area contributed by atoms with Crippen LogP contribution in [0, 0.1) is 0 Å². The van der Waals surface area contributed by atoms with Gasteiger partial charge in [-0.3, -0.25) is 14.5 Å². The average molecular weight is 367 g/mol. The van der Waals surface area contributed by atoms with Gasteiger partial charge in [-0.15, -0.1) is 0 Å². The number of methoxy groups -OCH3 is 2. The standard InChI is InChI=1S/C20H21N3O4/c1-4-23-19(24)12-17(20(23)25)16-11-15(27-3)9-10-18(16)22-21-13-5-7-14(26-2)8-6-13/h5-11,17H,4,12H2,1-3H3. The molecule has 1 unspecified atom stereocenters. The fraction of sp³-hybridized carbons (Fsp3) is 0.300. The van der Waals surface area contributed by atoms with Crippen LogP contribution < -0.4 is 9.47 Å². The predicted octanol–water partition coefficient (Wildman–Crippen LogP) is 3.98. The summed E-state index contributed by atoms with van der Waals surface area (Å²) in [7, 11) is 3.15. The van der Waals surface area contributed by atoms with E-state index in [1.54, 1.807) is 63.6 Å². The maximum atomic E-state index is 12.6. The van der Waals surface area contributed by atoms with Gasteiger partial charge in [0.15, 0.2) is 0 Å². The van der Waals surface area contributed by atoms with E-state index in [0.717, 1.165) is 5.75 Å². The third kappa shape index (κ3) is 3.81. The van der Waals surface area contributed by atoms with Crippen LogP contribution in [0.5, 0.6) is 11.5 Å². The monoisotopic (exact) mass is 367 g/mol. The minimum atomic E-state index is -0.572. The van der Waals surface area contributed by atoms with Crippen molar-refractivity contribution in [3.8, 4) is 11.5 Å². The van der Waals surface area contributed by atoms with Gasteiger partial charge in [0.05, 0.1) is 31.5 Å². The van der Waals surface area contributed by atoms with Crippen LogP contribution in [0.4, 0.5) is 11.4 Å². The molecule has 0 aliphatic carbocycles. The molecule has 0 saturated carbocycles. The van der Waals surface area contributed by atoms with Crippen LogP contribution in [-0.4, -0.2) is 37.5 Å². The largest absolute Gasteiger partial charge is 0.497 e. The molecule has 140 valence electrons. The Kier molecular flexibility index (Phi) is 5.49. The Hall–Kier alpha value is -3.22. The molecule has 1 saturated heterocycles. The fourth-order valence-electron chi connectivity index (χ4n) is 3.05. The molecule has 1 atom stereocenters. The normalized spacial score (nSPS) is 17.0. The molecule has 2 aromatic carbocycles. The first kappa shape index (κ1) is 18.6. The lowest BCUT2D eigenvalue weighted by atomic mass is 9.95. The highest BCUT2D eigenvalue weighted by Crippen LogP contribution is 2.38. The first-order chi connectivity index (χ1) is 13.1. The van der Waals surface area contributed by atoms with E-state index in [0.29, 0.717) is 29.2 Å². The number of hydrogen-bond acceptors (Lipinski definition) is 6. The molecule has 2 amide bonds. The van der Waals surface area contributed by atoms with Crippen molar-refractivity contribution in [3.63, 3.8) is 0 Å². The maximum Gasteiger partial charge on any atom is 0.237 e. The first-order valence-electron chi connectivity index (χ1n) is 8.65. The summed E-state index contributed by atoms with van der Waals surface area (Å²) in [5.74, 6) is 0.375. The van der Waals surface area contributed by atoms with E-state index in [-0.39, 0.29) is 18.2 Å². The lowest BCUT2D eigenvalue weighted by Gasteiger charge is -2.14. The van der Waals surface area contributed by atoms with E-state index in [1.165, 1.54) is 4.90 Å². The number of likely N-dealkylation sites (N-methyl/N-ethyl adjacent to an activating group) is 1. The summed E-state index contributed by atoms with van der Waals surface area (Å²) >= 11 is 0. The van der Waals surface area contributed by atoms with E-state index in [1.807, 2.05) is 0 Å². The Morgan fingerprint density at radius 3 is 2.26 bits per heavy atom. The zero-order chi connectivity index (χ0) is 19.4. The first-order valence-corrected chi connectivity index (χ1v) is 8.65. The number of hydrogen-bond donors (Lipinski definition) is 0. The zero-order valence-electron chi connectivity index (χ0n) is 15.5. The Bertz CT molecular complexity index is 877. The number of carbonyl (C=O) groups excluding carboxylic acids is 2. The highest BCUT2D eigenvalue weighted by molar-refractivity contribution is 6.06. The number of amides is 2. The predicted molar refractivity (Wildman–Crippen MR) is 99.9 cm³/mol. The fourth-order valence-corrected chi connectivity index (χ4v) is 3.05. The second kappa shape index (κ2) is 7.99. The molecule has 27 heavy (non-hydrogen) atoms. The molecule has 0 N–H and O–H groups in total. The van der Waals surface area contributed by atoms with Crippen LogP contribution in [-0.2, 0) is 9.59 Å². The van der Waals surface area contributed by atoms with Crippen molar-refractivity contribution in [2.45, 2.75) is 19.3 Å². The van der Waals surface area contributed by atoms with Crippen molar-refractivity contribution in [2.24, 2.45) is 10.2 Å². The third-order valence-corrected chi connectivity index (χ3v) is 4.52. The van der Waals surface area contributed by atoms with E-state index in [2.05, 4.69) is 10.2 Å². The van der Waals surface area contributed by atoms with Crippen LogP contribution in [0.1, 0.15) is 24.8 Å². The summed E-state index contributed by atoms with van der Waals surface area (Å²) in [4.78, 5) is 26.0. The average Bonchev–Trinajstić information content (AvgIpc) is 2.99. The summed E-state index contributed by atoms with van der Waals surface area (Å²) in [5, 5.41) is 8.55. The summed E-state index contributed by atoms with van der Waals surface area (Å²) in [6, 6.07) is 12.4. The summed E-state index contributed by atoms with van der Waals surface area (Å²) in [6.45, 7) is 2.15. The molecule has 1 aliphatic heterocycles. The number of likely N-dealkylation sites (tertiary alicyclic amines) is 1. The van der Waals surface area contributed by atoms with Crippen molar-refractivity contribution >= 4 is 23.2 Å². The third-order valence-electron chi connectivity index (χ3n) is 4.52. The molecule has 1 aliphatic rings. The Labute approximate surface area is 157 Å². The highest BCUT2D eigenvalue weighted by Gasteiger charge is 2.39. The van der Waals surface area contributed by atoms with Gasteiger partial charge in [-0.25, -0.2) is 0 Å². The number of nitrogens with zero attached hydrogens (tertiary/aromatic N) is 3. The topological polar surface area (TPSA) is 80.6 Å². The SMILES string of the molecule is CCN1C(=O)CC(c2cc(OC)ccc2N=Nc2ccc(OC)cc2)C1=O. The van der Waals surface area contributed by atoms with Gasteiger partial charge in [-0.1, -0.05) is 0 Å². The second-order valence-electron chi connectivity index (χ2n) is 6.06. The molecule has 2 aromatic rings. The van der Waals surface area contributed by atoms with E-state index < -0.39 is 5.92 Å². The van der Waals surface area contributed by atoms with E-state index in [9.17, 15) is 9.59 Å². The molecule has 0 spiro atoms. The summed E-state index contributed by atoms with van der Waals surface area (Å²) in [6.07, 6.45) is 0.130. The van der Waals surface area contributed by atoms with Gasteiger partial charge in [-0.05, 0) is 55.0 Å². The zero-order valence-corrected chi connectivity index (χ0v) is 15.5. The van der Waals surface area contributed by atoms with Crippen molar-refractivity contribution in [3.05, 3.63) is 48.0 Å². The molecule has 0 bridgehead atoms. The van der Waals surface area contributed by atoms with Gasteiger partial charge in [-0.2, -0.15) is 10.2 Å². The van der Waals surface area contributed by atoms with E-state index >= 15 is 0 Å². The number of carbonyl (C=O) groups is 2. The minimum Gasteiger partial charge on any atom is -0.497 e. The van der Waals surface area contributed by atoms with Crippen LogP contribution >= 0.6 is 0 Å². The molecule has 1 fully saturated rings. The molecule has 0 aromatic heterocycles. The number of imide groups is 1. The number of ether oxygens (including phenoxy) is 2. The van der Waals surface area contributed by atoms with Gasteiger partial charge in [0.1, 0.15) is 11.5 Å². The van der Waals surface area contributed by atoms with Gasteiger partial charge >= 0.3 is 0 Å². The number of azo groups is 1. The lowest BCUT2D eigenvalue weighted by molar-refractivity contribution is -0.138. The molecule has 7 nitrogen and oxygen atoms in total. The summed E-state index contributed by atoms with van der Waals surface area (Å²) in [5.41, 5.74) is 1.83. The molecule has 3 rings (SSSR count). The van der Waals surface area contributed by atoms with Crippen LogP contribution in [0.15, 0.2) is 52.7 Å². The van der Waals surface area contributed by atoms with Crippen molar-refractivity contribution in [1.29, 1.82) is 0 Å². The Balaban J connectivity index is 1.94. The highest BCUT2D eigenvalue weighted by atomic mass is 16.5. The van der Waals surface area contributed by atoms with Crippen LogP contribution in [0.3, 0.4) is 0 Å². The van der Waals surface area contributed by atoms with Crippen molar-refractivity contribution in [2.75, 3.05) is 20.8 Å². The van der Waals surface area contributed by atoms with Gasteiger partial charge < -0.3 is 9.47 Å². The maximum absolute atomic E-state index is 12.6. The second-order valence-corrected chi connectivity index (χ2v) is 6.06. The van der Waals surface area contributed by atoms with Crippen LogP contribution in [0.2, 0.25) is 0 Å². The van der Waals surface area contributed by atoms with Gasteiger partial charge in [0, 0.05) is 13.0 Å². The molecule has 1 heterocycles. The molecule has 0 radical (unpaired) electrons. The molecule has 7 heteroatoms. The van der Waals surface area contributed by atoms with Gasteiger partial charge in [0.25, 0.3) is 0 Å². The summed E-state index contributed by atoms with van der Waals surface area (Å²) < 4.78 is 10.4. The molecular weight excluding hydrogens is 346 g/mol. The number of benzene rings is 2. The Morgan fingerprint density at radius 2 is 1.67 bits per heavy atom.